The number of nitrogens with two attached hydrogens (primary N) is 1. The van der Waals surface area contributed by atoms with Crippen LogP contribution in [0.4, 0.5) is 4.39 Å². The van der Waals surface area contributed by atoms with Crippen molar-refractivity contribution < 1.29 is 4.39 Å². The normalized spacial score (nSPS) is 24.8. The molecule has 1 rings (SSSR count). The van der Waals surface area contributed by atoms with Crippen LogP contribution in [-0.2, 0) is 0 Å². The van der Waals surface area contributed by atoms with Gasteiger partial charge in [0.1, 0.15) is 6.67 Å². The molecular weight excluding hydrogens is 105 g/mol. The Balaban J connectivity index is 2.13. The quantitative estimate of drug-likeness (QED) is 0.575. The van der Waals surface area contributed by atoms with Gasteiger partial charge in [-0.1, -0.05) is 6.42 Å². The summed E-state index contributed by atoms with van der Waals surface area (Å²) < 4.78 is 11.7. The zero-order chi connectivity index (χ0) is 5.98. The Labute approximate surface area is 49.1 Å². The van der Waals surface area contributed by atoms with Gasteiger partial charge < -0.3 is 5.73 Å². The van der Waals surface area contributed by atoms with Gasteiger partial charge in [0.05, 0.1) is 0 Å². The van der Waals surface area contributed by atoms with Gasteiger partial charge in [0, 0.05) is 6.04 Å². The average Bonchev–Trinajstić information content (AvgIpc) is 1.62. The van der Waals surface area contributed by atoms with Crippen LogP contribution in [0.2, 0.25) is 0 Å². The highest BCUT2D eigenvalue weighted by molar-refractivity contribution is 4.79. The van der Waals surface area contributed by atoms with Gasteiger partial charge >= 0.3 is 0 Å². The first-order valence-electron chi connectivity index (χ1n) is 3.16. The van der Waals surface area contributed by atoms with Gasteiger partial charge in [-0.25, -0.2) is 4.39 Å². The molecule has 8 heavy (non-hydrogen) atoms. The molecule has 0 aromatic heterocycles. The van der Waals surface area contributed by atoms with E-state index in [9.17, 15) is 4.39 Å². The largest absolute Gasteiger partial charge is 0.325 e. The van der Waals surface area contributed by atoms with E-state index in [1.54, 1.807) is 0 Å². The predicted molar refractivity (Wildman–Crippen MR) is 31.3 cm³/mol. The highest BCUT2D eigenvalue weighted by Crippen LogP contribution is 2.28. The second-order valence-corrected chi connectivity index (χ2v) is 2.51. The van der Waals surface area contributed by atoms with E-state index < -0.39 is 0 Å². The Kier molecular flexibility index (Phi) is 1.84. The molecule has 0 amide bonds. The zero-order valence-electron chi connectivity index (χ0n) is 4.94. The fraction of sp³-hybridized carbons (Fsp3) is 1.00. The molecule has 0 saturated heterocycles. The van der Waals surface area contributed by atoms with Gasteiger partial charge in [-0.2, -0.15) is 0 Å². The summed E-state index contributed by atoms with van der Waals surface area (Å²) in [5, 5.41) is 0. The average molecular weight is 117 g/mol. The van der Waals surface area contributed by atoms with E-state index in [4.69, 9.17) is 5.73 Å². The van der Waals surface area contributed by atoms with Crippen molar-refractivity contribution in [3.05, 3.63) is 0 Å². The summed E-state index contributed by atoms with van der Waals surface area (Å²) in [7, 11) is 0. The van der Waals surface area contributed by atoms with Crippen LogP contribution in [0.15, 0.2) is 0 Å². The number of alkyl halides is 1. The minimum Gasteiger partial charge on any atom is -0.325 e. The van der Waals surface area contributed by atoms with E-state index in [1.165, 1.54) is 6.42 Å². The number of rotatable bonds is 2. The molecule has 1 unspecified atom stereocenters. The second-order valence-electron chi connectivity index (χ2n) is 2.51. The van der Waals surface area contributed by atoms with Crippen LogP contribution in [0.3, 0.4) is 0 Å². The molecule has 0 spiro atoms. The van der Waals surface area contributed by atoms with Crippen molar-refractivity contribution in [1.29, 1.82) is 0 Å². The number of halogens is 1. The first kappa shape index (κ1) is 6.02. The van der Waals surface area contributed by atoms with Crippen molar-refractivity contribution in [3.63, 3.8) is 0 Å². The lowest BCUT2D eigenvalue weighted by Gasteiger charge is -2.29. The summed E-state index contributed by atoms with van der Waals surface area (Å²) in [6.45, 7) is -0.343. The molecule has 2 heteroatoms. The van der Waals surface area contributed by atoms with Gasteiger partial charge in [0.25, 0.3) is 0 Å². The fourth-order valence-electron chi connectivity index (χ4n) is 0.994. The highest BCUT2D eigenvalue weighted by atomic mass is 19.1. The van der Waals surface area contributed by atoms with E-state index in [2.05, 4.69) is 0 Å². The zero-order valence-corrected chi connectivity index (χ0v) is 4.94. The minimum atomic E-state index is -0.343. The molecule has 1 aliphatic rings. The topological polar surface area (TPSA) is 26.0 Å². The molecule has 0 aliphatic heterocycles. The van der Waals surface area contributed by atoms with Gasteiger partial charge in [0.2, 0.25) is 0 Å². The molecule has 1 fully saturated rings. The molecule has 1 aliphatic carbocycles. The smallest absolute Gasteiger partial charge is 0.105 e. The summed E-state index contributed by atoms with van der Waals surface area (Å²) in [4.78, 5) is 0. The lowest BCUT2D eigenvalue weighted by atomic mass is 9.81. The molecule has 48 valence electrons. The molecule has 0 aromatic carbocycles. The third kappa shape index (κ3) is 0.996. The van der Waals surface area contributed by atoms with Crippen molar-refractivity contribution in [1.82, 2.24) is 0 Å². The Morgan fingerprint density at radius 2 is 2.25 bits per heavy atom. The van der Waals surface area contributed by atoms with Crippen LogP contribution in [0, 0.1) is 5.92 Å². The molecule has 0 aromatic rings. The Bertz CT molecular complexity index is 68.2. The highest BCUT2D eigenvalue weighted by Gasteiger charge is 2.23. The van der Waals surface area contributed by atoms with Crippen molar-refractivity contribution >= 4 is 0 Å². The number of hydrogen-bond acceptors (Lipinski definition) is 1. The molecule has 1 nitrogen and oxygen atoms in total. The predicted octanol–water partition coefficient (Wildman–Crippen LogP) is 1.08. The van der Waals surface area contributed by atoms with Crippen LogP contribution < -0.4 is 5.73 Å². The maximum atomic E-state index is 11.7. The van der Waals surface area contributed by atoms with Crippen molar-refractivity contribution in [2.75, 3.05) is 6.67 Å². The maximum absolute atomic E-state index is 11.7. The first-order chi connectivity index (χ1) is 3.84. The molecule has 1 atom stereocenters. The van der Waals surface area contributed by atoms with Crippen LogP contribution in [-0.4, -0.2) is 12.7 Å². The SMILES string of the molecule is NC(CF)C1CCC1. The monoisotopic (exact) mass is 117 g/mol. The third-order valence-corrected chi connectivity index (χ3v) is 1.93. The summed E-state index contributed by atoms with van der Waals surface area (Å²) in [6, 6.07) is -0.163. The molecule has 1 saturated carbocycles. The lowest BCUT2D eigenvalue weighted by Crippen LogP contribution is -2.36. The van der Waals surface area contributed by atoms with Crippen molar-refractivity contribution in [3.8, 4) is 0 Å². The molecular formula is C6H12FN. The minimum absolute atomic E-state index is 0.163. The molecule has 0 heterocycles. The van der Waals surface area contributed by atoms with Gasteiger partial charge in [-0.3, -0.25) is 0 Å². The third-order valence-electron chi connectivity index (χ3n) is 1.93. The first-order valence-corrected chi connectivity index (χ1v) is 3.16. The Morgan fingerprint density at radius 3 is 2.38 bits per heavy atom. The van der Waals surface area contributed by atoms with Gasteiger partial charge in [0.15, 0.2) is 0 Å². The van der Waals surface area contributed by atoms with Gasteiger partial charge in [-0.15, -0.1) is 0 Å². The van der Waals surface area contributed by atoms with E-state index in [0.29, 0.717) is 5.92 Å². The van der Waals surface area contributed by atoms with Crippen LogP contribution in [0.5, 0.6) is 0 Å². The Hall–Kier alpha value is -0.110. The van der Waals surface area contributed by atoms with Crippen LogP contribution in [0.1, 0.15) is 19.3 Å². The number of hydrogen-bond donors (Lipinski definition) is 1. The summed E-state index contributed by atoms with van der Waals surface area (Å²) >= 11 is 0. The fourth-order valence-corrected chi connectivity index (χ4v) is 0.994. The summed E-state index contributed by atoms with van der Waals surface area (Å²) in [5.41, 5.74) is 5.40. The van der Waals surface area contributed by atoms with Gasteiger partial charge in [-0.05, 0) is 18.8 Å². The standard InChI is InChI=1S/C6H12FN/c7-4-6(8)5-2-1-3-5/h5-6H,1-4,8H2. The molecule has 2 N–H and O–H groups in total. The maximum Gasteiger partial charge on any atom is 0.105 e. The molecule has 0 bridgehead atoms. The molecule has 0 radical (unpaired) electrons. The van der Waals surface area contributed by atoms with Crippen molar-refractivity contribution in [2.24, 2.45) is 11.7 Å². The van der Waals surface area contributed by atoms with E-state index in [-0.39, 0.29) is 12.7 Å². The summed E-state index contributed by atoms with van der Waals surface area (Å²) in [5.74, 6) is 0.500. The van der Waals surface area contributed by atoms with Crippen LogP contribution >= 0.6 is 0 Å². The van der Waals surface area contributed by atoms with E-state index in [0.717, 1.165) is 12.8 Å². The Morgan fingerprint density at radius 1 is 1.62 bits per heavy atom. The van der Waals surface area contributed by atoms with Crippen molar-refractivity contribution in [2.45, 2.75) is 25.3 Å². The van der Waals surface area contributed by atoms with Crippen LogP contribution in [0.25, 0.3) is 0 Å². The summed E-state index contributed by atoms with van der Waals surface area (Å²) in [6.07, 6.45) is 3.54. The lowest BCUT2D eigenvalue weighted by molar-refractivity contribution is 0.229. The van der Waals surface area contributed by atoms with E-state index in [1.807, 2.05) is 0 Å². The van der Waals surface area contributed by atoms with E-state index >= 15 is 0 Å². The second kappa shape index (κ2) is 2.44.